The minimum absolute atomic E-state index is 0.0748. The molecule has 0 saturated heterocycles. The van der Waals surface area contributed by atoms with E-state index in [2.05, 4.69) is 21.8 Å². The molecule has 0 atom stereocenters. The summed E-state index contributed by atoms with van der Waals surface area (Å²) in [6, 6.07) is 2.98. The number of benzene rings is 1. The summed E-state index contributed by atoms with van der Waals surface area (Å²) < 4.78 is 48.0. The quantitative estimate of drug-likeness (QED) is 0.871. The minimum Gasteiger partial charge on any atom is -0.477 e. The number of halogens is 3. The van der Waals surface area contributed by atoms with Gasteiger partial charge >= 0.3 is 6.18 Å². The van der Waals surface area contributed by atoms with Crippen molar-refractivity contribution in [3.8, 4) is 23.6 Å². The van der Waals surface area contributed by atoms with Crippen molar-refractivity contribution in [2.75, 3.05) is 14.2 Å². The third kappa shape index (κ3) is 3.94. The molecule has 1 aromatic heterocycles. The highest BCUT2D eigenvalue weighted by Crippen LogP contribution is 2.30. The second-order valence-corrected chi connectivity index (χ2v) is 4.55. The largest absolute Gasteiger partial charge is 0.477 e. The van der Waals surface area contributed by atoms with Crippen LogP contribution in [0, 0.1) is 11.8 Å². The summed E-state index contributed by atoms with van der Waals surface area (Å²) in [5.74, 6) is 5.67. The Labute approximate surface area is 136 Å². The monoisotopic (exact) mass is 338 g/mol. The molecule has 1 aromatic carbocycles. The van der Waals surface area contributed by atoms with Gasteiger partial charge in [0, 0.05) is 5.56 Å². The maximum Gasteiger partial charge on any atom is 0.416 e. The Balaban J connectivity index is 2.37. The van der Waals surface area contributed by atoms with Crippen molar-refractivity contribution in [1.82, 2.24) is 9.97 Å². The summed E-state index contributed by atoms with van der Waals surface area (Å²) in [5.41, 5.74) is -0.257. The van der Waals surface area contributed by atoms with Gasteiger partial charge in [0.25, 0.3) is 11.8 Å². The number of aliphatic hydroxyl groups excluding tert-OH is 1. The third-order valence-corrected chi connectivity index (χ3v) is 3.02. The molecule has 0 saturated carbocycles. The summed E-state index contributed by atoms with van der Waals surface area (Å²) in [7, 11) is 2.80. The van der Waals surface area contributed by atoms with E-state index in [4.69, 9.17) is 9.47 Å². The minimum atomic E-state index is -4.48. The van der Waals surface area contributed by atoms with Gasteiger partial charge in [0.2, 0.25) is 0 Å². The standard InChI is InChI=1S/C16H13F3N2O3/c1-23-14-15(24-2)21-13(8-20-14)6-4-10-3-5-12(16(17,18)19)7-11(10)9-22/h3,5,7-8,22H,9H2,1-2H3. The van der Waals surface area contributed by atoms with Crippen molar-refractivity contribution >= 4 is 0 Å². The highest BCUT2D eigenvalue weighted by Gasteiger charge is 2.30. The van der Waals surface area contributed by atoms with Crippen LogP contribution in [-0.2, 0) is 12.8 Å². The second kappa shape index (κ2) is 7.19. The molecule has 5 nitrogen and oxygen atoms in total. The fraction of sp³-hybridized carbons (Fsp3) is 0.250. The Kier molecular flexibility index (Phi) is 5.26. The number of hydrogen-bond donors (Lipinski definition) is 1. The Morgan fingerprint density at radius 2 is 1.83 bits per heavy atom. The average molecular weight is 338 g/mol. The van der Waals surface area contributed by atoms with Crippen LogP contribution in [0.25, 0.3) is 0 Å². The zero-order valence-electron chi connectivity index (χ0n) is 12.8. The van der Waals surface area contributed by atoms with Crippen LogP contribution in [0.4, 0.5) is 13.2 Å². The zero-order valence-corrected chi connectivity index (χ0v) is 12.8. The van der Waals surface area contributed by atoms with Crippen molar-refractivity contribution in [1.29, 1.82) is 0 Å². The lowest BCUT2D eigenvalue weighted by Crippen LogP contribution is -2.06. The summed E-state index contributed by atoms with van der Waals surface area (Å²) in [5, 5.41) is 9.26. The highest BCUT2D eigenvalue weighted by atomic mass is 19.4. The molecule has 0 radical (unpaired) electrons. The number of alkyl halides is 3. The van der Waals surface area contributed by atoms with Crippen molar-refractivity contribution in [3.63, 3.8) is 0 Å². The van der Waals surface area contributed by atoms with E-state index in [0.717, 1.165) is 12.1 Å². The Bertz CT molecular complexity index is 795. The molecule has 0 fully saturated rings. The first-order valence-electron chi connectivity index (χ1n) is 6.67. The molecule has 0 aliphatic heterocycles. The van der Waals surface area contributed by atoms with Crippen LogP contribution in [0.2, 0.25) is 0 Å². The lowest BCUT2D eigenvalue weighted by Gasteiger charge is -2.09. The lowest BCUT2D eigenvalue weighted by atomic mass is 10.0. The Hall–Kier alpha value is -2.79. The number of nitrogens with zero attached hydrogens (tertiary/aromatic N) is 2. The molecule has 0 amide bonds. The zero-order chi connectivity index (χ0) is 17.7. The van der Waals surface area contributed by atoms with E-state index in [1.807, 2.05) is 0 Å². The van der Waals surface area contributed by atoms with Gasteiger partial charge in [0.1, 0.15) is 5.69 Å². The van der Waals surface area contributed by atoms with E-state index in [9.17, 15) is 18.3 Å². The van der Waals surface area contributed by atoms with Gasteiger partial charge in [-0.3, -0.25) is 0 Å². The van der Waals surface area contributed by atoms with Crippen LogP contribution in [0.1, 0.15) is 22.4 Å². The van der Waals surface area contributed by atoms with Gasteiger partial charge in [-0.25, -0.2) is 4.98 Å². The van der Waals surface area contributed by atoms with Crippen LogP contribution in [0.5, 0.6) is 11.8 Å². The number of rotatable bonds is 3. The van der Waals surface area contributed by atoms with E-state index in [-0.39, 0.29) is 28.6 Å². The first-order valence-corrected chi connectivity index (χ1v) is 6.67. The summed E-state index contributed by atoms with van der Waals surface area (Å²) >= 11 is 0. The van der Waals surface area contributed by atoms with Gasteiger partial charge in [-0.05, 0) is 29.7 Å². The van der Waals surface area contributed by atoms with Crippen LogP contribution in [0.3, 0.4) is 0 Å². The molecule has 0 bridgehead atoms. The molecule has 126 valence electrons. The van der Waals surface area contributed by atoms with Gasteiger partial charge in [-0.1, -0.05) is 5.92 Å². The maximum absolute atomic E-state index is 12.7. The number of aromatic nitrogens is 2. The molecule has 8 heteroatoms. The van der Waals surface area contributed by atoms with Crippen LogP contribution >= 0.6 is 0 Å². The molecule has 1 heterocycles. The maximum atomic E-state index is 12.7. The Morgan fingerprint density at radius 3 is 2.42 bits per heavy atom. The summed E-state index contributed by atoms with van der Waals surface area (Å²) in [6.45, 7) is -0.564. The van der Waals surface area contributed by atoms with Crippen molar-refractivity contribution < 1.29 is 27.8 Å². The van der Waals surface area contributed by atoms with Gasteiger partial charge in [0.05, 0.1) is 32.6 Å². The summed E-state index contributed by atoms with van der Waals surface area (Å²) in [4.78, 5) is 8.02. The van der Waals surface area contributed by atoms with Crippen molar-refractivity contribution in [2.45, 2.75) is 12.8 Å². The van der Waals surface area contributed by atoms with E-state index >= 15 is 0 Å². The predicted molar refractivity (Wildman–Crippen MR) is 78.5 cm³/mol. The molecule has 1 N–H and O–H groups in total. The van der Waals surface area contributed by atoms with Crippen LogP contribution in [-0.4, -0.2) is 29.3 Å². The first-order chi connectivity index (χ1) is 11.4. The molecular weight excluding hydrogens is 325 g/mol. The van der Waals surface area contributed by atoms with Gasteiger partial charge < -0.3 is 14.6 Å². The van der Waals surface area contributed by atoms with E-state index in [1.165, 1.54) is 26.5 Å². The molecule has 2 aromatic rings. The van der Waals surface area contributed by atoms with Gasteiger partial charge in [0.15, 0.2) is 0 Å². The number of methoxy groups -OCH3 is 2. The van der Waals surface area contributed by atoms with Gasteiger partial charge in [-0.15, -0.1) is 0 Å². The fourth-order valence-corrected chi connectivity index (χ4v) is 1.85. The van der Waals surface area contributed by atoms with Gasteiger partial charge in [-0.2, -0.15) is 18.2 Å². The van der Waals surface area contributed by atoms with Crippen LogP contribution < -0.4 is 9.47 Å². The first kappa shape index (κ1) is 17.6. The molecule has 0 aliphatic carbocycles. The van der Waals surface area contributed by atoms with E-state index in [1.54, 1.807) is 0 Å². The highest BCUT2D eigenvalue weighted by molar-refractivity contribution is 5.47. The molecular formula is C16H13F3N2O3. The Morgan fingerprint density at radius 1 is 1.12 bits per heavy atom. The fourth-order valence-electron chi connectivity index (χ4n) is 1.85. The average Bonchev–Trinajstić information content (AvgIpc) is 2.58. The SMILES string of the molecule is COc1ncc(C#Cc2ccc(C(F)(F)F)cc2CO)nc1OC. The molecule has 0 aliphatic rings. The van der Waals surface area contributed by atoms with Crippen LogP contribution in [0.15, 0.2) is 24.4 Å². The normalized spacial score (nSPS) is 10.8. The summed E-state index contributed by atoms with van der Waals surface area (Å²) in [6.07, 6.45) is -3.14. The number of hydrogen-bond acceptors (Lipinski definition) is 5. The third-order valence-electron chi connectivity index (χ3n) is 3.02. The molecule has 2 rings (SSSR count). The van der Waals surface area contributed by atoms with E-state index in [0.29, 0.717) is 0 Å². The molecule has 0 unspecified atom stereocenters. The molecule has 0 spiro atoms. The lowest BCUT2D eigenvalue weighted by molar-refractivity contribution is -0.137. The van der Waals surface area contributed by atoms with Crippen molar-refractivity contribution in [2.24, 2.45) is 0 Å². The topological polar surface area (TPSA) is 64.5 Å². The number of ether oxygens (including phenoxy) is 2. The smallest absolute Gasteiger partial charge is 0.416 e. The molecule has 24 heavy (non-hydrogen) atoms. The van der Waals surface area contributed by atoms with Crippen molar-refractivity contribution in [3.05, 3.63) is 46.8 Å². The predicted octanol–water partition coefficient (Wildman–Crippen LogP) is 2.40. The second-order valence-electron chi connectivity index (χ2n) is 4.55. The van der Waals surface area contributed by atoms with E-state index < -0.39 is 18.3 Å². The number of aliphatic hydroxyl groups is 1.